The Kier molecular flexibility index (Phi) is 8.87. The van der Waals surface area contributed by atoms with Crippen LogP contribution in [0.1, 0.15) is 42.7 Å². The van der Waals surface area contributed by atoms with Crippen molar-refractivity contribution in [1.82, 2.24) is 18.6 Å². The third kappa shape index (κ3) is 5.87. The van der Waals surface area contributed by atoms with Gasteiger partial charge in [0.2, 0.25) is 0 Å². The van der Waals surface area contributed by atoms with Gasteiger partial charge >= 0.3 is 12.0 Å². The number of benzene rings is 3. The maximum absolute atomic E-state index is 13.7. The number of unbranched alkanes of at least 4 members (excludes halogenated alkanes) is 1. The van der Waals surface area contributed by atoms with Crippen LogP contribution < -0.4 is 20.1 Å². The highest BCUT2D eigenvalue weighted by molar-refractivity contribution is 7.00. The third-order valence-corrected chi connectivity index (χ3v) is 7.49. The molecule has 0 unspecified atom stereocenters. The SMILES string of the molecule is CCCCNC(=O)Nc1ccc2c(c1)c(-c1ccc(OC)c(OC)c1)c(C(=O)OCC)n2Cc1ccc2nsnc2c1. The van der Waals surface area contributed by atoms with Crippen molar-refractivity contribution < 1.29 is 23.8 Å². The number of fused-ring (bicyclic) bond motifs is 2. The van der Waals surface area contributed by atoms with E-state index in [1.807, 2.05) is 53.1 Å². The molecule has 0 aliphatic carbocycles. The molecule has 11 heteroatoms. The molecule has 0 spiro atoms. The quantitative estimate of drug-likeness (QED) is 0.134. The lowest BCUT2D eigenvalue weighted by molar-refractivity contribution is 0.0516. The monoisotopic (exact) mass is 587 g/mol. The molecule has 0 fully saturated rings. The molecule has 0 aliphatic rings. The van der Waals surface area contributed by atoms with Crippen LogP contribution in [-0.4, -0.2) is 52.7 Å². The van der Waals surface area contributed by atoms with Gasteiger partial charge in [-0.3, -0.25) is 0 Å². The second-order valence-corrected chi connectivity index (χ2v) is 10.2. The maximum Gasteiger partial charge on any atom is 0.355 e. The fraction of sp³-hybridized carbons (Fsp3) is 0.290. The third-order valence-electron chi connectivity index (χ3n) is 6.94. The zero-order valence-corrected chi connectivity index (χ0v) is 24.8. The van der Waals surface area contributed by atoms with E-state index in [4.69, 9.17) is 14.2 Å². The maximum atomic E-state index is 13.7. The van der Waals surface area contributed by atoms with Gasteiger partial charge in [0.25, 0.3) is 0 Å². The Morgan fingerprint density at radius 1 is 0.929 bits per heavy atom. The van der Waals surface area contributed by atoms with Crippen LogP contribution in [0.5, 0.6) is 11.5 Å². The van der Waals surface area contributed by atoms with Crippen molar-refractivity contribution in [3.63, 3.8) is 0 Å². The molecule has 0 aliphatic heterocycles. The molecule has 0 saturated heterocycles. The number of aromatic nitrogens is 3. The molecular formula is C31H33N5O5S. The Bertz CT molecular complexity index is 1740. The number of rotatable bonds is 11. The van der Waals surface area contributed by atoms with E-state index in [1.165, 1.54) is 0 Å². The van der Waals surface area contributed by atoms with Gasteiger partial charge in [0, 0.05) is 35.2 Å². The second-order valence-electron chi connectivity index (χ2n) is 9.65. The molecule has 0 saturated carbocycles. The van der Waals surface area contributed by atoms with Crippen molar-refractivity contribution in [2.24, 2.45) is 0 Å². The average molecular weight is 588 g/mol. The van der Waals surface area contributed by atoms with Gasteiger partial charge in [-0.15, -0.1) is 0 Å². The number of ether oxygens (including phenoxy) is 3. The molecule has 2 N–H and O–H groups in total. The van der Waals surface area contributed by atoms with Crippen LogP contribution in [0.3, 0.4) is 0 Å². The Labute approximate surface area is 247 Å². The highest BCUT2D eigenvalue weighted by atomic mass is 32.1. The van der Waals surface area contributed by atoms with Crippen LogP contribution in [0, 0.1) is 0 Å². The predicted molar refractivity (Wildman–Crippen MR) is 165 cm³/mol. The van der Waals surface area contributed by atoms with Gasteiger partial charge in [0.1, 0.15) is 16.7 Å². The zero-order chi connectivity index (χ0) is 29.6. The Balaban J connectivity index is 1.70. The van der Waals surface area contributed by atoms with Gasteiger partial charge in [0.05, 0.1) is 32.6 Å². The molecule has 5 aromatic rings. The minimum Gasteiger partial charge on any atom is -0.493 e. The van der Waals surface area contributed by atoms with Gasteiger partial charge in [-0.1, -0.05) is 25.5 Å². The zero-order valence-electron chi connectivity index (χ0n) is 24.0. The number of hydrogen-bond donors (Lipinski definition) is 2. The first-order valence-electron chi connectivity index (χ1n) is 13.8. The predicted octanol–water partition coefficient (Wildman–Crippen LogP) is 6.48. The molecule has 42 heavy (non-hydrogen) atoms. The van der Waals surface area contributed by atoms with Crippen molar-refractivity contribution in [1.29, 1.82) is 0 Å². The number of carbonyl (C=O) groups excluding carboxylic acids is 2. The van der Waals surface area contributed by atoms with Gasteiger partial charge in [-0.05, 0) is 66.9 Å². The molecule has 2 heterocycles. The van der Waals surface area contributed by atoms with Crippen LogP contribution in [0.4, 0.5) is 10.5 Å². The van der Waals surface area contributed by atoms with Gasteiger partial charge < -0.3 is 29.4 Å². The number of nitrogens with one attached hydrogen (secondary N) is 2. The smallest absolute Gasteiger partial charge is 0.355 e. The van der Waals surface area contributed by atoms with Crippen molar-refractivity contribution in [3.8, 4) is 22.6 Å². The van der Waals surface area contributed by atoms with E-state index in [9.17, 15) is 9.59 Å². The van der Waals surface area contributed by atoms with E-state index >= 15 is 0 Å². The number of hydrogen-bond acceptors (Lipinski definition) is 8. The summed E-state index contributed by atoms with van der Waals surface area (Å²) >= 11 is 1.16. The lowest BCUT2D eigenvalue weighted by Crippen LogP contribution is -2.29. The number of urea groups is 1. The van der Waals surface area contributed by atoms with Crippen LogP contribution in [-0.2, 0) is 11.3 Å². The first kappa shape index (κ1) is 28.9. The van der Waals surface area contributed by atoms with Crippen LogP contribution in [0.25, 0.3) is 33.1 Å². The summed E-state index contributed by atoms with van der Waals surface area (Å²) in [6.07, 6.45) is 1.88. The lowest BCUT2D eigenvalue weighted by atomic mass is 10.0. The highest BCUT2D eigenvalue weighted by Crippen LogP contribution is 2.41. The number of anilines is 1. The number of amides is 2. The summed E-state index contributed by atoms with van der Waals surface area (Å²) in [6.45, 7) is 5.04. The topological polar surface area (TPSA) is 117 Å². The molecule has 0 bridgehead atoms. The van der Waals surface area contributed by atoms with Crippen LogP contribution >= 0.6 is 11.7 Å². The summed E-state index contributed by atoms with van der Waals surface area (Å²) in [7, 11) is 3.14. The fourth-order valence-corrected chi connectivity index (χ4v) is 5.47. The lowest BCUT2D eigenvalue weighted by Gasteiger charge is -2.13. The first-order chi connectivity index (χ1) is 20.5. The summed E-state index contributed by atoms with van der Waals surface area (Å²) < 4.78 is 27.3. The van der Waals surface area contributed by atoms with Gasteiger partial charge in [0.15, 0.2) is 11.5 Å². The number of nitrogens with zero attached hydrogens (tertiary/aromatic N) is 3. The van der Waals surface area contributed by atoms with E-state index in [2.05, 4.69) is 26.3 Å². The van der Waals surface area contributed by atoms with E-state index in [1.54, 1.807) is 27.2 Å². The second kappa shape index (κ2) is 12.9. The molecule has 0 atom stereocenters. The molecule has 3 aromatic carbocycles. The minimum atomic E-state index is -0.457. The van der Waals surface area contributed by atoms with Crippen molar-refractivity contribution in [2.75, 3.05) is 32.7 Å². The molecule has 5 rings (SSSR count). The van der Waals surface area contributed by atoms with Crippen molar-refractivity contribution >= 4 is 51.4 Å². The summed E-state index contributed by atoms with van der Waals surface area (Å²) in [5, 5.41) is 6.58. The minimum absolute atomic E-state index is 0.215. The first-order valence-corrected chi connectivity index (χ1v) is 14.5. The normalized spacial score (nSPS) is 11.0. The van der Waals surface area contributed by atoms with Gasteiger partial charge in [-0.25, -0.2) is 9.59 Å². The van der Waals surface area contributed by atoms with E-state index in [0.717, 1.165) is 57.6 Å². The van der Waals surface area contributed by atoms with Crippen molar-refractivity contribution in [2.45, 2.75) is 33.2 Å². The fourth-order valence-electron chi connectivity index (χ4n) is 4.95. The number of carbonyl (C=O) groups is 2. The van der Waals surface area contributed by atoms with E-state index < -0.39 is 5.97 Å². The Morgan fingerprint density at radius 3 is 2.50 bits per heavy atom. The van der Waals surface area contributed by atoms with Crippen LogP contribution in [0.15, 0.2) is 54.6 Å². The molecule has 10 nitrogen and oxygen atoms in total. The molecule has 2 aromatic heterocycles. The van der Waals surface area contributed by atoms with Crippen molar-refractivity contribution in [3.05, 3.63) is 65.9 Å². The summed E-state index contributed by atoms with van der Waals surface area (Å²) in [5.74, 6) is 0.637. The summed E-state index contributed by atoms with van der Waals surface area (Å²) in [4.78, 5) is 26.3. The van der Waals surface area contributed by atoms with Gasteiger partial charge in [-0.2, -0.15) is 8.75 Å². The molecule has 218 valence electrons. The number of esters is 1. The average Bonchev–Trinajstić information content (AvgIpc) is 3.59. The molecular weight excluding hydrogens is 554 g/mol. The Morgan fingerprint density at radius 2 is 1.74 bits per heavy atom. The molecule has 0 radical (unpaired) electrons. The summed E-state index contributed by atoms with van der Waals surface area (Å²) in [6, 6.07) is 16.8. The largest absolute Gasteiger partial charge is 0.493 e. The number of methoxy groups -OCH3 is 2. The Hall–Kier alpha value is -4.64. The van der Waals surface area contributed by atoms with E-state index in [0.29, 0.717) is 41.5 Å². The molecule has 2 amide bonds. The highest BCUT2D eigenvalue weighted by Gasteiger charge is 2.26. The standard InChI is InChI=1S/C31H33N5O5S/c1-5-7-14-32-31(38)33-21-10-12-25-22(17-21)28(20-9-13-26(39-3)27(16-20)40-4)29(30(37)41-6-2)36(25)18-19-8-11-23-24(15-19)35-42-34-23/h8-13,15-17H,5-7,14,18H2,1-4H3,(H2,32,33,38). The van der Waals surface area contributed by atoms with E-state index in [-0.39, 0.29) is 12.6 Å². The van der Waals surface area contributed by atoms with Crippen LogP contribution in [0.2, 0.25) is 0 Å². The summed E-state index contributed by atoms with van der Waals surface area (Å²) in [5.41, 5.74) is 5.77.